The lowest BCUT2D eigenvalue weighted by atomic mass is 9.89. The first kappa shape index (κ1) is 9.68. The normalized spacial score (nSPS) is 12.5. The molecule has 0 rings (SSSR count). The molecule has 0 fully saturated rings. The van der Waals surface area contributed by atoms with Crippen LogP contribution in [0.25, 0.3) is 0 Å². The van der Waals surface area contributed by atoms with Crippen molar-refractivity contribution in [1.82, 2.24) is 0 Å². The Balaban J connectivity index is 3.86. The molecule has 4 heteroatoms. The van der Waals surface area contributed by atoms with E-state index in [4.69, 9.17) is 14.8 Å². The molecule has 0 aliphatic heterocycles. The zero-order valence-electron chi connectivity index (χ0n) is 6.53. The van der Waals surface area contributed by atoms with Crippen molar-refractivity contribution < 1.29 is 14.8 Å². The largest absolute Gasteiger partial charge is 0.480 e. The summed E-state index contributed by atoms with van der Waals surface area (Å²) in [5.74, 6) is 1.27. The number of methoxy groups -OCH3 is 1. The predicted octanol–water partition coefficient (Wildman–Crippen LogP) is -0.0204. The van der Waals surface area contributed by atoms with Gasteiger partial charge in [-0.15, -0.1) is 0 Å². The van der Waals surface area contributed by atoms with Crippen molar-refractivity contribution in [3.05, 3.63) is 12.1 Å². The first-order valence-electron chi connectivity index (χ1n) is 3.08. The monoisotopic (exact) mass is 144 g/mol. The molecule has 2 N–H and O–H groups in total. The Morgan fingerprint density at radius 1 is 1.40 bits per heavy atom. The summed E-state index contributed by atoms with van der Waals surface area (Å²) in [5.41, 5.74) is -0.427. The first-order chi connectivity index (χ1) is 4.48. The second kappa shape index (κ2) is 3.76. The number of hydrogen-bond donors (Lipinski definition) is 2. The maximum absolute atomic E-state index is 8.42. The SMILES string of the molecule is COC(C)(C)/C=C/B(O)O. The second-order valence-electron chi connectivity index (χ2n) is 2.58. The van der Waals surface area contributed by atoms with E-state index in [1.807, 2.05) is 13.8 Å². The minimum atomic E-state index is -1.39. The van der Waals surface area contributed by atoms with Crippen LogP contribution in [-0.4, -0.2) is 29.9 Å². The van der Waals surface area contributed by atoms with Crippen molar-refractivity contribution in [3.8, 4) is 0 Å². The van der Waals surface area contributed by atoms with Crippen LogP contribution in [-0.2, 0) is 4.74 Å². The highest BCUT2D eigenvalue weighted by Gasteiger charge is 2.12. The van der Waals surface area contributed by atoms with E-state index in [0.29, 0.717) is 0 Å². The van der Waals surface area contributed by atoms with Crippen LogP contribution in [0.5, 0.6) is 0 Å². The van der Waals surface area contributed by atoms with Gasteiger partial charge in [0.05, 0.1) is 5.60 Å². The molecule has 0 aromatic carbocycles. The van der Waals surface area contributed by atoms with Crippen LogP contribution in [0.1, 0.15) is 13.8 Å². The molecule has 0 aromatic rings. The van der Waals surface area contributed by atoms with Crippen LogP contribution in [0.4, 0.5) is 0 Å². The highest BCUT2D eigenvalue weighted by Crippen LogP contribution is 2.08. The molecule has 0 amide bonds. The Morgan fingerprint density at radius 2 is 1.90 bits per heavy atom. The van der Waals surface area contributed by atoms with E-state index < -0.39 is 12.7 Å². The van der Waals surface area contributed by atoms with Gasteiger partial charge in [0.15, 0.2) is 0 Å². The van der Waals surface area contributed by atoms with Gasteiger partial charge < -0.3 is 14.8 Å². The lowest BCUT2D eigenvalue weighted by Crippen LogP contribution is -2.20. The maximum atomic E-state index is 8.42. The smallest absolute Gasteiger partial charge is 0.424 e. The molecule has 0 aliphatic rings. The van der Waals surface area contributed by atoms with E-state index in [2.05, 4.69) is 0 Å². The molecule has 0 radical (unpaired) electrons. The summed E-state index contributed by atoms with van der Waals surface area (Å²) >= 11 is 0. The fraction of sp³-hybridized carbons (Fsp3) is 0.667. The molecule has 58 valence electrons. The molecule has 0 heterocycles. The number of hydrogen-bond acceptors (Lipinski definition) is 3. The van der Waals surface area contributed by atoms with Gasteiger partial charge >= 0.3 is 7.12 Å². The van der Waals surface area contributed by atoms with Crippen molar-refractivity contribution in [2.45, 2.75) is 19.4 Å². The third-order valence-electron chi connectivity index (χ3n) is 1.20. The van der Waals surface area contributed by atoms with Crippen molar-refractivity contribution in [3.63, 3.8) is 0 Å². The van der Waals surface area contributed by atoms with Gasteiger partial charge in [0.1, 0.15) is 0 Å². The number of rotatable bonds is 3. The molecule has 0 atom stereocenters. The van der Waals surface area contributed by atoms with Gasteiger partial charge in [-0.25, -0.2) is 0 Å². The zero-order chi connectivity index (χ0) is 8.20. The van der Waals surface area contributed by atoms with Gasteiger partial charge in [-0.05, 0) is 13.8 Å². The van der Waals surface area contributed by atoms with E-state index in [1.165, 1.54) is 5.98 Å². The Hall–Kier alpha value is -0.315. The molecule has 3 nitrogen and oxygen atoms in total. The summed E-state index contributed by atoms with van der Waals surface area (Å²) in [4.78, 5) is 0. The molecule has 10 heavy (non-hydrogen) atoms. The summed E-state index contributed by atoms with van der Waals surface area (Å²) in [6.45, 7) is 3.65. The van der Waals surface area contributed by atoms with E-state index >= 15 is 0 Å². The summed E-state index contributed by atoms with van der Waals surface area (Å²) < 4.78 is 4.98. The van der Waals surface area contributed by atoms with Crippen LogP contribution in [0.3, 0.4) is 0 Å². The molecule has 0 bridgehead atoms. The van der Waals surface area contributed by atoms with Gasteiger partial charge in [0.25, 0.3) is 0 Å². The highest BCUT2D eigenvalue weighted by molar-refractivity contribution is 6.47. The Labute approximate surface area is 61.5 Å². The summed E-state index contributed by atoms with van der Waals surface area (Å²) in [6, 6.07) is 0. The van der Waals surface area contributed by atoms with Crippen LogP contribution in [0.15, 0.2) is 12.1 Å². The molecule has 0 aromatic heterocycles. The van der Waals surface area contributed by atoms with Gasteiger partial charge in [0.2, 0.25) is 0 Å². The minimum absolute atomic E-state index is 0.427. The van der Waals surface area contributed by atoms with Crippen molar-refractivity contribution in [2.75, 3.05) is 7.11 Å². The highest BCUT2D eigenvalue weighted by atomic mass is 16.5. The standard InChI is InChI=1S/C6H13BO3/c1-6(2,10-3)4-5-7(8)9/h4-5,8-9H,1-3H3/b5-4+. The van der Waals surface area contributed by atoms with Crippen LogP contribution < -0.4 is 0 Å². The molecule has 0 saturated heterocycles. The van der Waals surface area contributed by atoms with E-state index in [-0.39, 0.29) is 0 Å². The van der Waals surface area contributed by atoms with Crippen molar-refractivity contribution in [1.29, 1.82) is 0 Å². The average Bonchev–Trinajstić information content (AvgIpc) is 1.85. The fourth-order valence-electron chi connectivity index (χ4n) is 0.386. The minimum Gasteiger partial charge on any atom is -0.424 e. The first-order valence-corrected chi connectivity index (χ1v) is 3.08. The second-order valence-corrected chi connectivity index (χ2v) is 2.58. The fourth-order valence-corrected chi connectivity index (χ4v) is 0.386. The van der Waals surface area contributed by atoms with Crippen molar-refractivity contribution >= 4 is 7.12 Å². The van der Waals surface area contributed by atoms with Gasteiger partial charge in [-0.1, -0.05) is 12.1 Å². The molecule has 0 unspecified atom stereocenters. The van der Waals surface area contributed by atoms with Crippen molar-refractivity contribution in [2.24, 2.45) is 0 Å². The summed E-state index contributed by atoms with van der Waals surface area (Å²) in [7, 11) is 0.170. The van der Waals surface area contributed by atoms with Crippen LogP contribution in [0.2, 0.25) is 0 Å². The molecule has 0 aliphatic carbocycles. The van der Waals surface area contributed by atoms with E-state index in [1.54, 1.807) is 13.2 Å². The van der Waals surface area contributed by atoms with Crippen LogP contribution >= 0.6 is 0 Å². The Kier molecular flexibility index (Phi) is 3.64. The average molecular weight is 144 g/mol. The molecular weight excluding hydrogens is 131 g/mol. The van der Waals surface area contributed by atoms with Gasteiger partial charge in [0, 0.05) is 7.11 Å². The van der Waals surface area contributed by atoms with Crippen LogP contribution in [0, 0.1) is 0 Å². The quantitative estimate of drug-likeness (QED) is 0.547. The molecule has 0 saturated carbocycles. The molecule has 0 spiro atoms. The van der Waals surface area contributed by atoms with E-state index in [0.717, 1.165) is 0 Å². The maximum Gasteiger partial charge on any atom is 0.480 e. The topological polar surface area (TPSA) is 49.7 Å². The zero-order valence-corrected chi connectivity index (χ0v) is 6.53. The Morgan fingerprint density at radius 3 is 2.20 bits per heavy atom. The third kappa shape index (κ3) is 4.55. The predicted molar refractivity (Wildman–Crippen MR) is 40.4 cm³/mol. The lowest BCUT2D eigenvalue weighted by Gasteiger charge is -2.17. The summed E-state index contributed by atoms with van der Waals surface area (Å²) in [6.07, 6.45) is 1.59. The molecular formula is C6H13BO3. The number of ether oxygens (including phenoxy) is 1. The lowest BCUT2D eigenvalue weighted by molar-refractivity contribution is 0.0655. The third-order valence-corrected chi connectivity index (χ3v) is 1.20. The summed E-state index contributed by atoms with van der Waals surface area (Å²) in [5, 5.41) is 16.8. The van der Waals surface area contributed by atoms with Gasteiger partial charge in [-0.2, -0.15) is 0 Å². The Bertz CT molecular complexity index is 120. The van der Waals surface area contributed by atoms with E-state index in [9.17, 15) is 0 Å². The van der Waals surface area contributed by atoms with Gasteiger partial charge in [-0.3, -0.25) is 0 Å².